The number of hydrogen-bond donors (Lipinski definition) is 0. The molecule has 0 radical (unpaired) electrons. The minimum Gasteiger partial charge on any atom is -0.390 e. The number of pyridine rings is 1. The molecule has 0 saturated carbocycles. The van der Waals surface area contributed by atoms with Gasteiger partial charge in [-0.15, -0.1) is 0 Å². The smallest absolute Gasteiger partial charge is 0.222 e. The summed E-state index contributed by atoms with van der Waals surface area (Å²) in [5.74, 6) is -0.260. The van der Waals surface area contributed by atoms with Crippen molar-refractivity contribution in [2.24, 2.45) is 5.16 Å². The SMILES string of the molecule is CCC(=O)N(Cc1ccc(F)cc1)C[C@@H]1CC(c2ccccn2)=NO1. The van der Waals surface area contributed by atoms with Gasteiger partial charge in [-0.25, -0.2) is 4.39 Å². The number of hydrogen-bond acceptors (Lipinski definition) is 4. The summed E-state index contributed by atoms with van der Waals surface area (Å²) in [5.41, 5.74) is 2.46. The Morgan fingerprint density at radius 2 is 2.08 bits per heavy atom. The molecular weight excluding hydrogens is 321 g/mol. The molecule has 130 valence electrons. The van der Waals surface area contributed by atoms with Gasteiger partial charge in [0, 0.05) is 25.6 Å². The Labute approximate surface area is 146 Å². The summed E-state index contributed by atoms with van der Waals surface area (Å²) in [5, 5.41) is 4.11. The summed E-state index contributed by atoms with van der Waals surface area (Å²) in [6, 6.07) is 11.8. The highest BCUT2D eigenvalue weighted by molar-refractivity contribution is 5.99. The first-order valence-corrected chi connectivity index (χ1v) is 8.32. The van der Waals surface area contributed by atoms with E-state index >= 15 is 0 Å². The minimum atomic E-state index is -0.287. The largest absolute Gasteiger partial charge is 0.390 e. The van der Waals surface area contributed by atoms with Gasteiger partial charge in [0.2, 0.25) is 5.91 Å². The van der Waals surface area contributed by atoms with Gasteiger partial charge < -0.3 is 9.74 Å². The molecule has 0 fully saturated rings. The second-order valence-electron chi connectivity index (χ2n) is 5.94. The van der Waals surface area contributed by atoms with Gasteiger partial charge in [-0.3, -0.25) is 9.78 Å². The van der Waals surface area contributed by atoms with Crippen LogP contribution in [0, 0.1) is 5.82 Å². The van der Waals surface area contributed by atoms with E-state index in [1.54, 1.807) is 23.2 Å². The molecule has 3 rings (SSSR count). The average molecular weight is 341 g/mol. The number of rotatable bonds is 6. The first kappa shape index (κ1) is 17.1. The summed E-state index contributed by atoms with van der Waals surface area (Å²) in [6.07, 6.45) is 2.52. The molecule has 6 heteroatoms. The second kappa shape index (κ2) is 7.88. The zero-order valence-electron chi connectivity index (χ0n) is 14.1. The number of benzene rings is 1. The normalized spacial score (nSPS) is 16.2. The van der Waals surface area contributed by atoms with Crippen LogP contribution in [0.25, 0.3) is 0 Å². The van der Waals surface area contributed by atoms with Crippen molar-refractivity contribution in [3.8, 4) is 0 Å². The van der Waals surface area contributed by atoms with E-state index in [-0.39, 0.29) is 17.8 Å². The minimum absolute atomic E-state index is 0.0270. The Kier molecular flexibility index (Phi) is 5.38. The molecule has 1 amide bonds. The van der Waals surface area contributed by atoms with E-state index in [4.69, 9.17) is 4.84 Å². The summed E-state index contributed by atoms with van der Waals surface area (Å²) in [7, 11) is 0. The van der Waals surface area contributed by atoms with Crippen molar-refractivity contribution in [2.75, 3.05) is 6.54 Å². The van der Waals surface area contributed by atoms with Crippen LogP contribution in [0.5, 0.6) is 0 Å². The monoisotopic (exact) mass is 341 g/mol. The Balaban J connectivity index is 1.63. The van der Waals surface area contributed by atoms with Gasteiger partial charge in [-0.1, -0.05) is 30.3 Å². The van der Waals surface area contributed by atoms with Gasteiger partial charge in [0.15, 0.2) is 6.10 Å². The third-order valence-electron chi connectivity index (χ3n) is 4.06. The number of nitrogens with zero attached hydrogens (tertiary/aromatic N) is 3. The standard InChI is InChI=1S/C19H20FN3O2/c1-2-19(24)23(12-14-6-8-15(20)9-7-14)13-16-11-18(22-25-16)17-5-3-4-10-21-17/h3-10,16H,2,11-13H2,1H3/t16-/m0/s1. The molecule has 1 atom stereocenters. The summed E-state index contributed by atoms with van der Waals surface area (Å²) < 4.78 is 13.1. The van der Waals surface area contributed by atoms with Crippen LogP contribution >= 0.6 is 0 Å². The lowest BCUT2D eigenvalue weighted by Crippen LogP contribution is -2.36. The summed E-state index contributed by atoms with van der Waals surface area (Å²) in [6.45, 7) is 2.68. The molecule has 25 heavy (non-hydrogen) atoms. The van der Waals surface area contributed by atoms with Crippen LogP contribution in [-0.4, -0.2) is 34.2 Å². The Morgan fingerprint density at radius 3 is 2.76 bits per heavy atom. The van der Waals surface area contributed by atoms with Crippen molar-refractivity contribution in [2.45, 2.75) is 32.4 Å². The van der Waals surface area contributed by atoms with Crippen molar-refractivity contribution < 1.29 is 14.0 Å². The van der Waals surface area contributed by atoms with Crippen LogP contribution in [0.15, 0.2) is 53.8 Å². The van der Waals surface area contributed by atoms with E-state index in [0.29, 0.717) is 25.9 Å². The van der Waals surface area contributed by atoms with E-state index in [1.807, 2.05) is 25.1 Å². The van der Waals surface area contributed by atoms with Gasteiger partial charge in [-0.05, 0) is 29.8 Å². The Bertz CT molecular complexity index is 747. The van der Waals surface area contributed by atoms with Gasteiger partial charge in [0.25, 0.3) is 0 Å². The fourth-order valence-corrected chi connectivity index (χ4v) is 2.75. The quantitative estimate of drug-likeness (QED) is 0.811. The van der Waals surface area contributed by atoms with Crippen molar-refractivity contribution in [3.05, 3.63) is 65.7 Å². The summed E-state index contributed by atoms with van der Waals surface area (Å²) >= 11 is 0. The molecule has 1 aliphatic heterocycles. The van der Waals surface area contributed by atoms with E-state index in [2.05, 4.69) is 10.1 Å². The Morgan fingerprint density at radius 1 is 1.28 bits per heavy atom. The van der Waals surface area contributed by atoms with Gasteiger partial charge >= 0.3 is 0 Å². The summed E-state index contributed by atoms with van der Waals surface area (Å²) in [4.78, 5) is 23.8. The van der Waals surface area contributed by atoms with Crippen molar-refractivity contribution in [1.82, 2.24) is 9.88 Å². The number of amides is 1. The topological polar surface area (TPSA) is 54.8 Å². The van der Waals surface area contributed by atoms with Crippen LogP contribution in [0.2, 0.25) is 0 Å². The van der Waals surface area contributed by atoms with Crippen LogP contribution in [0.1, 0.15) is 31.0 Å². The van der Waals surface area contributed by atoms with Gasteiger partial charge in [-0.2, -0.15) is 0 Å². The van der Waals surface area contributed by atoms with Gasteiger partial charge in [0.1, 0.15) is 11.5 Å². The second-order valence-corrected chi connectivity index (χ2v) is 5.94. The molecule has 0 saturated heterocycles. The molecule has 2 aromatic rings. The molecule has 0 spiro atoms. The van der Waals surface area contributed by atoms with Crippen molar-refractivity contribution in [3.63, 3.8) is 0 Å². The van der Waals surface area contributed by atoms with Crippen LogP contribution in [0.3, 0.4) is 0 Å². The number of aromatic nitrogens is 1. The zero-order chi connectivity index (χ0) is 17.6. The van der Waals surface area contributed by atoms with E-state index < -0.39 is 0 Å². The van der Waals surface area contributed by atoms with Crippen LogP contribution < -0.4 is 0 Å². The van der Waals surface area contributed by atoms with E-state index in [9.17, 15) is 9.18 Å². The molecule has 0 unspecified atom stereocenters. The molecule has 2 heterocycles. The highest BCUT2D eigenvalue weighted by Gasteiger charge is 2.26. The molecule has 0 aliphatic carbocycles. The molecule has 1 aliphatic rings. The van der Waals surface area contributed by atoms with Crippen LogP contribution in [0.4, 0.5) is 4.39 Å². The number of carbonyl (C=O) groups is 1. The van der Waals surface area contributed by atoms with E-state index in [1.165, 1.54) is 12.1 Å². The average Bonchev–Trinajstić information content (AvgIpc) is 3.11. The lowest BCUT2D eigenvalue weighted by molar-refractivity contribution is -0.133. The zero-order valence-corrected chi connectivity index (χ0v) is 14.1. The van der Waals surface area contributed by atoms with Crippen molar-refractivity contribution in [1.29, 1.82) is 0 Å². The van der Waals surface area contributed by atoms with Crippen molar-refractivity contribution >= 4 is 11.6 Å². The third-order valence-corrected chi connectivity index (χ3v) is 4.06. The predicted molar refractivity (Wildman–Crippen MR) is 92.4 cm³/mol. The molecule has 5 nitrogen and oxygen atoms in total. The first-order valence-electron chi connectivity index (χ1n) is 8.32. The molecule has 1 aromatic heterocycles. The maximum absolute atomic E-state index is 13.1. The predicted octanol–water partition coefficient (Wildman–Crippen LogP) is 3.15. The fraction of sp³-hybridized carbons (Fsp3) is 0.316. The third kappa shape index (κ3) is 4.41. The maximum atomic E-state index is 13.1. The number of carbonyl (C=O) groups excluding carboxylic acids is 1. The molecule has 0 bridgehead atoms. The highest BCUT2D eigenvalue weighted by Crippen LogP contribution is 2.18. The Hall–Kier alpha value is -2.76. The lowest BCUT2D eigenvalue weighted by Gasteiger charge is -2.24. The first-order chi connectivity index (χ1) is 12.2. The highest BCUT2D eigenvalue weighted by atomic mass is 19.1. The van der Waals surface area contributed by atoms with Crippen LogP contribution in [-0.2, 0) is 16.2 Å². The van der Waals surface area contributed by atoms with Gasteiger partial charge in [0.05, 0.1) is 12.2 Å². The fourth-order valence-electron chi connectivity index (χ4n) is 2.75. The maximum Gasteiger partial charge on any atom is 0.222 e. The number of halogens is 1. The molecule has 0 N–H and O–H groups in total. The number of oxime groups is 1. The lowest BCUT2D eigenvalue weighted by atomic mass is 10.1. The van der Waals surface area contributed by atoms with E-state index in [0.717, 1.165) is 17.0 Å². The molecule has 1 aromatic carbocycles. The molecular formula is C19H20FN3O2.